The summed E-state index contributed by atoms with van der Waals surface area (Å²) in [7, 11) is 0. The topological polar surface area (TPSA) is 9.72 Å². The van der Waals surface area contributed by atoms with Crippen LogP contribution in [0.15, 0.2) is 69.9 Å². The molecule has 3 nitrogen and oxygen atoms in total. The first-order chi connectivity index (χ1) is 20.3. The maximum atomic E-state index is 2.56. The number of hydrogen-bond acceptors (Lipinski definition) is 3. The minimum Gasteiger partial charge on any atom is -0.297 e. The molecule has 3 aliphatic heterocycles. The van der Waals surface area contributed by atoms with E-state index in [1.165, 1.54) is 77.8 Å². The first kappa shape index (κ1) is 54.4. The van der Waals surface area contributed by atoms with Gasteiger partial charge in [0.1, 0.15) is 0 Å². The maximum absolute atomic E-state index is 2.56. The summed E-state index contributed by atoms with van der Waals surface area (Å²) in [4.78, 5) is 7.66. The smallest absolute Gasteiger partial charge is 0.0236 e. The van der Waals surface area contributed by atoms with Gasteiger partial charge in [-0.15, -0.1) is 0 Å². The third-order valence-corrected chi connectivity index (χ3v) is 8.78. The van der Waals surface area contributed by atoms with Crippen molar-refractivity contribution in [2.45, 2.75) is 147 Å². The fraction of sp³-hybridized carbons (Fsp3) is 0.700. The van der Waals surface area contributed by atoms with Gasteiger partial charge < -0.3 is 0 Å². The number of fused-ring (bicyclic) bond motifs is 1. The second-order valence-corrected chi connectivity index (χ2v) is 12.1. The van der Waals surface area contributed by atoms with Crippen molar-refractivity contribution in [1.29, 1.82) is 0 Å². The van der Waals surface area contributed by atoms with Crippen molar-refractivity contribution in [1.82, 2.24) is 14.7 Å². The van der Waals surface area contributed by atoms with Gasteiger partial charge in [-0.3, -0.25) is 14.7 Å². The molecule has 0 spiro atoms. The van der Waals surface area contributed by atoms with E-state index in [1.807, 2.05) is 41.5 Å². The van der Waals surface area contributed by atoms with Crippen molar-refractivity contribution in [2.24, 2.45) is 0 Å². The van der Waals surface area contributed by atoms with E-state index in [9.17, 15) is 0 Å². The summed E-state index contributed by atoms with van der Waals surface area (Å²) < 4.78 is 0. The Hall–Kier alpha value is 1.63. The summed E-state index contributed by atoms with van der Waals surface area (Å²) in [5.41, 5.74) is 9.77. The van der Waals surface area contributed by atoms with Crippen molar-refractivity contribution in [3.63, 3.8) is 0 Å². The van der Waals surface area contributed by atoms with Gasteiger partial charge in [-0.05, 0) is 108 Å². The largest absolute Gasteiger partial charge is 0.297 e. The predicted molar refractivity (Wildman–Crippen MR) is 197 cm³/mol. The van der Waals surface area contributed by atoms with Gasteiger partial charge in [0.15, 0.2) is 0 Å². The average Bonchev–Trinajstić information content (AvgIpc) is 3.80. The van der Waals surface area contributed by atoms with Crippen LogP contribution < -0.4 is 0 Å². The van der Waals surface area contributed by atoms with Gasteiger partial charge in [0.05, 0.1) is 0 Å². The summed E-state index contributed by atoms with van der Waals surface area (Å²) in [6.07, 6.45) is 21.4. The molecule has 1 fully saturated rings. The molecule has 0 bridgehead atoms. The van der Waals surface area contributed by atoms with E-state index in [4.69, 9.17) is 0 Å². The van der Waals surface area contributed by atoms with Crippen LogP contribution in [0, 0.1) is 0 Å². The van der Waals surface area contributed by atoms with Crippen LogP contribution in [-0.4, -0.2) is 72.1 Å². The Labute approximate surface area is 364 Å². The minimum absolute atomic E-state index is 0. The molecule has 46 heavy (non-hydrogen) atoms. The Kier molecular flexibility index (Phi) is 37.1. The zero-order chi connectivity index (χ0) is 31.7. The molecule has 6 heteroatoms. The van der Waals surface area contributed by atoms with Gasteiger partial charge in [0.2, 0.25) is 0 Å². The van der Waals surface area contributed by atoms with Crippen molar-refractivity contribution in [3.05, 3.63) is 69.9 Å². The van der Waals surface area contributed by atoms with Gasteiger partial charge in [-0.2, -0.15) is 0 Å². The van der Waals surface area contributed by atoms with Crippen LogP contribution in [-0.2, 0) is 98.1 Å². The molecule has 3 radical (unpaired) electrons. The van der Waals surface area contributed by atoms with Gasteiger partial charge in [0.25, 0.3) is 0 Å². The minimum atomic E-state index is 0. The Morgan fingerprint density at radius 3 is 1.50 bits per heavy atom. The fourth-order valence-electron chi connectivity index (χ4n) is 6.12. The molecule has 0 atom stereocenters. The molecule has 0 unspecified atom stereocenters. The number of rotatable bonds is 3. The van der Waals surface area contributed by atoms with Crippen molar-refractivity contribution >= 4 is 0 Å². The summed E-state index contributed by atoms with van der Waals surface area (Å²) in [6, 6.07) is 2.11. The van der Waals surface area contributed by atoms with Crippen LogP contribution in [0.25, 0.3) is 0 Å². The van der Waals surface area contributed by atoms with Gasteiger partial charge in [0, 0.05) is 156 Å². The molecule has 0 saturated carbocycles. The molecular formula is C40H73N3Y3. The zero-order valence-corrected chi connectivity index (χ0v) is 40.3. The second kappa shape index (κ2) is 31.4. The zero-order valence-electron chi connectivity index (χ0n) is 31.8. The third-order valence-electron chi connectivity index (χ3n) is 8.78. The predicted octanol–water partition coefficient (Wildman–Crippen LogP) is 10.8. The Bertz CT molecular complexity index is 964. The van der Waals surface area contributed by atoms with Crippen molar-refractivity contribution in [2.75, 3.05) is 39.3 Å². The number of piperidine rings is 1. The average molecular weight is 863 g/mol. The van der Waals surface area contributed by atoms with Crippen molar-refractivity contribution < 1.29 is 98.1 Å². The van der Waals surface area contributed by atoms with Crippen LogP contribution in [0.4, 0.5) is 0 Å². The first-order valence-electron chi connectivity index (χ1n) is 17.7. The molecule has 0 aromatic rings. The Morgan fingerprint density at radius 2 is 0.935 bits per heavy atom. The van der Waals surface area contributed by atoms with E-state index in [0.717, 1.165) is 0 Å². The first-order valence-corrected chi connectivity index (χ1v) is 17.7. The molecule has 0 aromatic heterocycles. The van der Waals surface area contributed by atoms with Crippen LogP contribution in [0.2, 0.25) is 0 Å². The normalized spacial score (nSPS) is 19.1. The molecule has 0 aromatic carbocycles. The second-order valence-electron chi connectivity index (χ2n) is 12.1. The molecule has 3 heterocycles. The monoisotopic (exact) mass is 862 g/mol. The van der Waals surface area contributed by atoms with E-state index in [0.29, 0.717) is 18.1 Å². The molecule has 3 aliphatic carbocycles. The molecule has 0 N–H and O–H groups in total. The van der Waals surface area contributed by atoms with E-state index < -0.39 is 0 Å². The molecule has 6 rings (SSSR count). The molecular weight excluding hydrogens is 789 g/mol. The maximum Gasteiger partial charge on any atom is 0.0236 e. The Morgan fingerprint density at radius 1 is 0.500 bits per heavy atom. The van der Waals surface area contributed by atoms with E-state index in [1.54, 1.807) is 33.4 Å². The van der Waals surface area contributed by atoms with Crippen molar-refractivity contribution in [3.8, 4) is 0 Å². The summed E-state index contributed by atoms with van der Waals surface area (Å²) in [5.74, 6) is 0. The van der Waals surface area contributed by atoms with Crippen LogP contribution in [0.3, 0.4) is 0 Å². The quantitative estimate of drug-likeness (QED) is 0.280. The molecule has 1 saturated heterocycles. The van der Waals surface area contributed by atoms with Gasteiger partial charge in [-0.1, -0.05) is 91.0 Å². The third kappa shape index (κ3) is 18.2. The fourth-order valence-corrected chi connectivity index (χ4v) is 6.12. The standard InChI is InChI=1S/3C11H17N.3C2H6.CH4.3Y/c3*1-9(2)12-7-6-10-4-3-5-11(10)8-12;3*1-2;;;;/h4-5,9H,3,6-8H2,1-2H3;3,5,9H,4,6-8H2,1-2H3;3-4,9H,5-8H2,1-2H3;3*1-2H3;1H4;;;. The SMILES string of the molecule is C.CC.CC.CC.CC(C)N1CCC2=C(C=CC2)C1.CC(C)N1CCC2=C(CC=C2)C1.CC(C)N1CCC2=CCC=C2C1.[Y].[Y].[Y]. The summed E-state index contributed by atoms with van der Waals surface area (Å²) in [5, 5.41) is 0. The van der Waals surface area contributed by atoms with Gasteiger partial charge in [-0.25, -0.2) is 0 Å². The summed E-state index contributed by atoms with van der Waals surface area (Å²) in [6.45, 7) is 33.0. The molecule has 0 amide bonds. The van der Waals surface area contributed by atoms with E-state index >= 15 is 0 Å². The van der Waals surface area contributed by atoms with E-state index in [-0.39, 0.29) is 106 Å². The number of hydrogen-bond donors (Lipinski definition) is 0. The summed E-state index contributed by atoms with van der Waals surface area (Å²) >= 11 is 0. The van der Waals surface area contributed by atoms with Crippen LogP contribution >= 0.6 is 0 Å². The molecule has 257 valence electrons. The molecule has 6 aliphatic rings. The van der Waals surface area contributed by atoms with Crippen LogP contribution in [0.5, 0.6) is 0 Å². The number of nitrogens with zero attached hydrogens (tertiary/aromatic N) is 3. The van der Waals surface area contributed by atoms with E-state index in [2.05, 4.69) is 92.7 Å². The van der Waals surface area contributed by atoms with Gasteiger partial charge >= 0.3 is 0 Å². The Balaban J connectivity index is -0.000000255. The number of likely N-dealkylation sites (tertiary alicyclic amines) is 1. The number of allylic oxidation sites excluding steroid dienone is 5. The van der Waals surface area contributed by atoms with Crippen LogP contribution in [0.1, 0.15) is 129 Å².